The summed E-state index contributed by atoms with van der Waals surface area (Å²) in [5.74, 6) is -1.37. The number of carboxylic acid groups (broad SMARTS) is 1. The van der Waals surface area contributed by atoms with E-state index in [2.05, 4.69) is 10.6 Å². The van der Waals surface area contributed by atoms with E-state index in [1.807, 2.05) is 19.1 Å². The van der Waals surface area contributed by atoms with Gasteiger partial charge in [-0.15, -0.1) is 0 Å². The largest absolute Gasteiger partial charge is 0.475 e. The van der Waals surface area contributed by atoms with Crippen molar-refractivity contribution in [3.05, 3.63) is 76.5 Å². The Kier molecular flexibility index (Phi) is 5.77. The first-order valence-electron chi connectivity index (χ1n) is 8.16. The molecule has 0 aliphatic rings. The third kappa shape index (κ3) is 4.39. The summed E-state index contributed by atoms with van der Waals surface area (Å²) in [4.78, 5) is 23.3. The second-order valence-electron chi connectivity index (χ2n) is 5.89. The molecule has 1 aromatic heterocycles. The van der Waals surface area contributed by atoms with Crippen LogP contribution in [0.2, 0.25) is 5.02 Å². The van der Waals surface area contributed by atoms with Crippen LogP contribution in [-0.2, 0) is 0 Å². The minimum absolute atomic E-state index is 0.118. The maximum Gasteiger partial charge on any atom is 0.371 e. The number of anilines is 1. The van der Waals surface area contributed by atoms with Gasteiger partial charge in [-0.1, -0.05) is 29.8 Å². The van der Waals surface area contributed by atoms with E-state index in [0.717, 1.165) is 5.56 Å². The Bertz CT molecular complexity index is 1080. The van der Waals surface area contributed by atoms with Crippen molar-refractivity contribution < 1.29 is 19.1 Å². The van der Waals surface area contributed by atoms with E-state index < -0.39 is 5.97 Å². The van der Waals surface area contributed by atoms with Gasteiger partial charge in [-0.25, -0.2) is 4.79 Å². The number of hydrogen-bond donors (Lipinski definition) is 3. The van der Waals surface area contributed by atoms with Crippen LogP contribution in [0.4, 0.5) is 5.69 Å². The maximum atomic E-state index is 12.3. The predicted octanol–water partition coefficient (Wildman–Crippen LogP) is 4.73. The number of amides is 1. The van der Waals surface area contributed by atoms with Crippen LogP contribution in [0.1, 0.15) is 26.5 Å². The van der Waals surface area contributed by atoms with E-state index >= 15 is 0 Å². The van der Waals surface area contributed by atoms with Crippen LogP contribution in [0, 0.1) is 6.92 Å². The molecule has 1 amide bonds. The zero-order chi connectivity index (χ0) is 20.3. The number of furan rings is 1. The number of aromatic carboxylic acids is 1. The Morgan fingerprint density at radius 2 is 1.86 bits per heavy atom. The number of hydrogen-bond acceptors (Lipinski definition) is 4. The first-order chi connectivity index (χ1) is 13.3. The van der Waals surface area contributed by atoms with Gasteiger partial charge in [0, 0.05) is 16.8 Å². The molecule has 0 radical (unpaired) electrons. The summed E-state index contributed by atoms with van der Waals surface area (Å²) in [6.07, 6.45) is 0. The number of aryl methyl sites for hydroxylation is 1. The van der Waals surface area contributed by atoms with Crippen LogP contribution in [0.5, 0.6) is 0 Å². The zero-order valence-corrected chi connectivity index (χ0v) is 16.2. The molecule has 0 bridgehead atoms. The van der Waals surface area contributed by atoms with Crippen molar-refractivity contribution in [3.8, 4) is 11.3 Å². The van der Waals surface area contributed by atoms with Crippen LogP contribution in [0.3, 0.4) is 0 Å². The van der Waals surface area contributed by atoms with Crippen LogP contribution >= 0.6 is 23.8 Å². The molecule has 3 N–H and O–H groups in total. The number of halogens is 1. The summed E-state index contributed by atoms with van der Waals surface area (Å²) in [7, 11) is 0. The van der Waals surface area contributed by atoms with Gasteiger partial charge in [0.25, 0.3) is 5.91 Å². The standard InChI is InChI=1S/C20H15ClN2O4S/c1-11-4-2-3-5-13(11)18(24)23-20(28)22-12-6-7-15(21)14(10-12)16-8-9-17(27-16)19(25)26/h2-10H,1H3,(H,25,26)(H2,22,23,24,28). The summed E-state index contributed by atoms with van der Waals surface area (Å²) in [6, 6.07) is 15.0. The van der Waals surface area contributed by atoms with Crippen molar-refractivity contribution >= 4 is 46.5 Å². The highest BCUT2D eigenvalue weighted by molar-refractivity contribution is 7.80. The number of carboxylic acids is 1. The van der Waals surface area contributed by atoms with E-state index in [-0.39, 0.29) is 16.8 Å². The summed E-state index contributed by atoms with van der Waals surface area (Å²) in [5, 5.41) is 15.0. The lowest BCUT2D eigenvalue weighted by Gasteiger charge is -2.12. The van der Waals surface area contributed by atoms with Gasteiger partial charge in [0.1, 0.15) is 5.76 Å². The molecule has 2 aromatic carbocycles. The Morgan fingerprint density at radius 1 is 1.11 bits per heavy atom. The molecular weight excluding hydrogens is 400 g/mol. The van der Waals surface area contributed by atoms with Crippen LogP contribution < -0.4 is 10.6 Å². The molecule has 0 atom stereocenters. The lowest BCUT2D eigenvalue weighted by Crippen LogP contribution is -2.34. The van der Waals surface area contributed by atoms with Gasteiger partial charge < -0.3 is 14.8 Å². The molecule has 28 heavy (non-hydrogen) atoms. The average molecular weight is 415 g/mol. The molecular formula is C20H15ClN2O4S. The van der Waals surface area contributed by atoms with Crippen molar-refractivity contribution in [2.45, 2.75) is 6.92 Å². The van der Waals surface area contributed by atoms with Gasteiger partial charge in [0.2, 0.25) is 5.76 Å². The van der Waals surface area contributed by atoms with E-state index in [1.54, 1.807) is 30.3 Å². The summed E-state index contributed by atoms with van der Waals surface area (Å²) < 4.78 is 5.29. The first kappa shape index (κ1) is 19.6. The lowest BCUT2D eigenvalue weighted by molar-refractivity contribution is 0.0663. The molecule has 3 rings (SSSR count). The second-order valence-corrected chi connectivity index (χ2v) is 6.70. The van der Waals surface area contributed by atoms with Gasteiger partial charge in [0.15, 0.2) is 5.11 Å². The number of benzene rings is 2. The fraction of sp³-hybridized carbons (Fsp3) is 0.0500. The highest BCUT2D eigenvalue weighted by atomic mass is 35.5. The highest BCUT2D eigenvalue weighted by Gasteiger charge is 2.14. The second kappa shape index (κ2) is 8.24. The molecule has 0 saturated carbocycles. The van der Waals surface area contributed by atoms with Gasteiger partial charge in [-0.3, -0.25) is 10.1 Å². The monoisotopic (exact) mass is 414 g/mol. The smallest absolute Gasteiger partial charge is 0.371 e. The molecule has 142 valence electrons. The van der Waals surface area contributed by atoms with Crippen molar-refractivity contribution in [2.24, 2.45) is 0 Å². The number of nitrogens with one attached hydrogen (secondary N) is 2. The summed E-state index contributed by atoms with van der Waals surface area (Å²) in [6.45, 7) is 1.84. The predicted molar refractivity (Wildman–Crippen MR) is 111 cm³/mol. The Morgan fingerprint density at radius 3 is 2.54 bits per heavy atom. The SMILES string of the molecule is Cc1ccccc1C(=O)NC(=S)Nc1ccc(Cl)c(-c2ccc(C(=O)O)o2)c1. The molecule has 3 aromatic rings. The Balaban J connectivity index is 1.75. The number of thiocarbonyl (C=S) groups is 1. The van der Waals surface area contributed by atoms with E-state index in [4.69, 9.17) is 33.3 Å². The number of carbonyl (C=O) groups excluding carboxylic acids is 1. The van der Waals surface area contributed by atoms with Crippen LogP contribution in [0.25, 0.3) is 11.3 Å². The first-order valence-corrected chi connectivity index (χ1v) is 8.95. The van der Waals surface area contributed by atoms with Crippen molar-refractivity contribution in [1.29, 1.82) is 0 Å². The third-order valence-corrected chi connectivity index (χ3v) is 4.46. The maximum absolute atomic E-state index is 12.3. The fourth-order valence-corrected chi connectivity index (χ4v) is 2.97. The topological polar surface area (TPSA) is 91.6 Å². The van der Waals surface area contributed by atoms with Crippen molar-refractivity contribution in [3.63, 3.8) is 0 Å². The highest BCUT2D eigenvalue weighted by Crippen LogP contribution is 2.32. The van der Waals surface area contributed by atoms with Gasteiger partial charge in [-0.05, 0) is 61.1 Å². The molecule has 6 nitrogen and oxygen atoms in total. The van der Waals surface area contributed by atoms with Gasteiger partial charge in [0.05, 0.1) is 5.02 Å². The molecule has 0 aliphatic heterocycles. The van der Waals surface area contributed by atoms with Crippen LogP contribution in [-0.4, -0.2) is 22.1 Å². The summed E-state index contributed by atoms with van der Waals surface area (Å²) in [5.41, 5.74) is 2.42. The molecule has 0 unspecified atom stereocenters. The molecule has 8 heteroatoms. The zero-order valence-electron chi connectivity index (χ0n) is 14.7. The molecule has 1 heterocycles. The van der Waals surface area contributed by atoms with Crippen LogP contribution in [0.15, 0.2) is 59.0 Å². The molecule has 0 aliphatic carbocycles. The van der Waals surface area contributed by atoms with Gasteiger partial charge in [-0.2, -0.15) is 0 Å². The molecule has 0 fully saturated rings. The molecule has 0 spiro atoms. The van der Waals surface area contributed by atoms with E-state index in [9.17, 15) is 9.59 Å². The normalized spacial score (nSPS) is 10.4. The number of rotatable bonds is 4. The van der Waals surface area contributed by atoms with Crippen molar-refractivity contribution in [2.75, 3.05) is 5.32 Å². The fourth-order valence-electron chi connectivity index (χ4n) is 2.55. The Labute approximate surface area is 171 Å². The lowest BCUT2D eigenvalue weighted by atomic mass is 10.1. The van der Waals surface area contributed by atoms with E-state index in [1.165, 1.54) is 12.1 Å². The minimum Gasteiger partial charge on any atom is -0.475 e. The van der Waals surface area contributed by atoms with E-state index in [0.29, 0.717) is 27.6 Å². The Hall–Kier alpha value is -3.16. The summed E-state index contributed by atoms with van der Waals surface area (Å²) >= 11 is 11.4. The van der Waals surface area contributed by atoms with Crippen molar-refractivity contribution in [1.82, 2.24) is 5.32 Å². The molecule has 0 saturated heterocycles. The minimum atomic E-state index is -1.17. The number of carbonyl (C=O) groups is 2. The average Bonchev–Trinajstić information content (AvgIpc) is 3.13. The quantitative estimate of drug-likeness (QED) is 0.534. The van der Waals surface area contributed by atoms with Gasteiger partial charge >= 0.3 is 5.97 Å². The third-order valence-electron chi connectivity index (χ3n) is 3.92.